The van der Waals surface area contributed by atoms with Crippen molar-refractivity contribution in [2.24, 2.45) is 0 Å². The Bertz CT molecular complexity index is 564. The number of benzene rings is 1. The Hall–Kier alpha value is -1.81. The van der Waals surface area contributed by atoms with Crippen molar-refractivity contribution in [2.75, 3.05) is 0 Å². The number of rotatable bonds is 4. The highest BCUT2D eigenvalue weighted by molar-refractivity contribution is 7.07. The average molecular weight is 275 g/mol. The molecular formula is C15H17NO2S. The van der Waals surface area contributed by atoms with Crippen molar-refractivity contribution in [2.45, 2.75) is 26.3 Å². The summed E-state index contributed by atoms with van der Waals surface area (Å²) in [6.45, 7) is 3.77. The Morgan fingerprint density at radius 3 is 2.84 bits per heavy atom. The SMILES string of the molecule is Cc1cc(C(=O)NC(C)Cc2ccsc2)ccc1O. The van der Waals surface area contributed by atoms with Crippen molar-refractivity contribution in [3.05, 3.63) is 51.7 Å². The molecule has 1 aromatic carbocycles. The van der Waals surface area contributed by atoms with Gasteiger partial charge in [-0.05, 0) is 66.4 Å². The zero-order valence-electron chi connectivity index (χ0n) is 11.0. The molecule has 0 spiro atoms. The van der Waals surface area contributed by atoms with Crippen LogP contribution in [0.5, 0.6) is 5.75 Å². The van der Waals surface area contributed by atoms with E-state index in [2.05, 4.69) is 16.8 Å². The van der Waals surface area contributed by atoms with E-state index >= 15 is 0 Å². The lowest BCUT2D eigenvalue weighted by molar-refractivity contribution is 0.0940. The zero-order chi connectivity index (χ0) is 13.8. The number of aryl methyl sites for hydroxylation is 1. The third-order valence-corrected chi connectivity index (χ3v) is 3.69. The van der Waals surface area contributed by atoms with E-state index < -0.39 is 0 Å². The molecule has 1 unspecified atom stereocenters. The summed E-state index contributed by atoms with van der Waals surface area (Å²) in [5.41, 5.74) is 2.52. The van der Waals surface area contributed by atoms with Crippen LogP contribution < -0.4 is 5.32 Å². The van der Waals surface area contributed by atoms with Gasteiger partial charge in [-0.25, -0.2) is 0 Å². The van der Waals surface area contributed by atoms with Crippen LogP contribution in [0.15, 0.2) is 35.0 Å². The standard InChI is InChI=1S/C15H17NO2S/c1-10-7-13(3-4-14(10)17)15(18)16-11(2)8-12-5-6-19-9-12/h3-7,9,11,17H,8H2,1-2H3,(H,16,18). The lowest BCUT2D eigenvalue weighted by Gasteiger charge is -2.13. The molecule has 19 heavy (non-hydrogen) atoms. The molecule has 1 amide bonds. The lowest BCUT2D eigenvalue weighted by atomic mass is 10.1. The number of hydrogen-bond donors (Lipinski definition) is 2. The molecule has 0 aliphatic heterocycles. The predicted octanol–water partition coefficient (Wildman–Crippen LogP) is 3.12. The summed E-state index contributed by atoms with van der Waals surface area (Å²) in [4.78, 5) is 12.1. The Morgan fingerprint density at radius 1 is 1.42 bits per heavy atom. The third-order valence-electron chi connectivity index (χ3n) is 2.96. The second kappa shape index (κ2) is 5.89. The van der Waals surface area contributed by atoms with Crippen molar-refractivity contribution < 1.29 is 9.90 Å². The summed E-state index contributed by atoms with van der Waals surface area (Å²) in [6, 6.07) is 7.03. The van der Waals surface area contributed by atoms with Crippen LogP contribution in [-0.4, -0.2) is 17.1 Å². The molecule has 0 aliphatic carbocycles. The quantitative estimate of drug-likeness (QED) is 0.900. The minimum absolute atomic E-state index is 0.0798. The summed E-state index contributed by atoms with van der Waals surface area (Å²) >= 11 is 1.66. The first-order valence-electron chi connectivity index (χ1n) is 6.18. The zero-order valence-corrected chi connectivity index (χ0v) is 11.8. The van der Waals surface area contributed by atoms with E-state index in [-0.39, 0.29) is 17.7 Å². The molecule has 0 saturated heterocycles. The van der Waals surface area contributed by atoms with Gasteiger partial charge >= 0.3 is 0 Å². The van der Waals surface area contributed by atoms with Crippen molar-refractivity contribution in [1.82, 2.24) is 5.32 Å². The topological polar surface area (TPSA) is 49.3 Å². The van der Waals surface area contributed by atoms with E-state index in [1.807, 2.05) is 12.3 Å². The number of thiophene rings is 1. The minimum Gasteiger partial charge on any atom is -0.508 e. The number of phenolic OH excluding ortho intramolecular Hbond substituents is 1. The lowest BCUT2D eigenvalue weighted by Crippen LogP contribution is -2.34. The number of phenols is 1. The number of nitrogens with one attached hydrogen (secondary N) is 1. The number of carbonyl (C=O) groups is 1. The molecule has 0 saturated carbocycles. The van der Waals surface area contributed by atoms with E-state index in [0.29, 0.717) is 11.1 Å². The molecule has 1 aromatic heterocycles. The molecule has 0 aliphatic rings. The van der Waals surface area contributed by atoms with Crippen LogP contribution >= 0.6 is 11.3 Å². The van der Waals surface area contributed by atoms with E-state index in [9.17, 15) is 9.90 Å². The maximum absolute atomic E-state index is 12.1. The van der Waals surface area contributed by atoms with Crippen LogP contribution in [0.3, 0.4) is 0 Å². The molecule has 2 N–H and O–H groups in total. The van der Waals surface area contributed by atoms with Crippen molar-refractivity contribution in [3.63, 3.8) is 0 Å². The van der Waals surface area contributed by atoms with Gasteiger partial charge in [-0.2, -0.15) is 11.3 Å². The third kappa shape index (κ3) is 3.58. The summed E-state index contributed by atoms with van der Waals surface area (Å²) in [5.74, 6) is 0.105. The average Bonchev–Trinajstić information content (AvgIpc) is 2.85. The first-order valence-corrected chi connectivity index (χ1v) is 7.12. The molecule has 2 aromatic rings. The molecule has 3 nitrogen and oxygen atoms in total. The molecule has 2 rings (SSSR count). The van der Waals surface area contributed by atoms with Gasteiger partial charge in [0.15, 0.2) is 0 Å². The first kappa shape index (κ1) is 13.6. The second-order valence-corrected chi connectivity index (χ2v) is 5.49. The van der Waals surface area contributed by atoms with E-state index in [1.165, 1.54) is 5.56 Å². The fourth-order valence-corrected chi connectivity index (χ4v) is 2.60. The highest BCUT2D eigenvalue weighted by Crippen LogP contribution is 2.17. The molecule has 0 radical (unpaired) electrons. The van der Waals surface area contributed by atoms with Gasteiger partial charge in [-0.15, -0.1) is 0 Å². The van der Waals surface area contributed by atoms with Gasteiger partial charge in [0.25, 0.3) is 5.91 Å². The minimum atomic E-state index is -0.106. The first-order chi connectivity index (χ1) is 9.06. The van der Waals surface area contributed by atoms with E-state index in [4.69, 9.17) is 0 Å². The summed E-state index contributed by atoms with van der Waals surface area (Å²) in [6.07, 6.45) is 0.826. The van der Waals surface area contributed by atoms with Gasteiger partial charge in [0.05, 0.1) is 0 Å². The van der Waals surface area contributed by atoms with Crippen LogP contribution in [0.4, 0.5) is 0 Å². The van der Waals surface area contributed by atoms with Crippen molar-refractivity contribution >= 4 is 17.2 Å². The van der Waals surface area contributed by atoms with Gasteiger partial charge in [0, 0.05) is 11.6 Å². The largest absolute Gasteiger partial charge is 0.508 e. The predicted molar refractivity (Wildman–Crippen MR) is 77.8 cm³/mol. The van der Waals surface area contributed by atoms with Crippen LogP contribution in [0.1, 0.15) is 28.4 Å². The van der Waals surface area contributed by atoms with Gasteiger partial charge < -0.3 is 10.4 Å². The summed E-state index contributed by atoms with van der Waals surface area (Å²) < 4.78 is 0. The number of amides is 1. The highest BCUT2D eigenvalue weighted by Gasteiger charge is 2.11. The molecule has 0 fully saturated rings. The second-order valence-electron chi connectivity index (χ2n) is 4.71. The van der Waals surface area contributed by atoms with Crippen molar-refractivity contribution in [1.29, 1.82) is 0 Å². The van der Waals surface area contributed by atoms with Gasteiger partial charge in [0.2, 0.25) is 0 Å². The fraction of sp³-hybridized carbons (Fsp3) is 0.267. The van der Waals surface area contributed by atoms with Gasteiger partial charge in [-0.3, -0.25) is 4.79 Å². The maximum Gasteiger partial charge on any atom is 0.251 e. The van der Waals surface area contributed by atoms with Crippen molar-refractivity contribution in [3.8, 4) is 5.75 Å². The Morgan fingerprint density at radius 2 is 2.21 bits per heavy atom. The molecule has 1 atom stereocenters. The number of hydrogen-bond acceptors (Lipinski definition) is 3. The Balaban J connectivity index is 1.98. The molecular weight excluding hydrogens is 258 g/mol. The van der Waals surface area contributed by atoms with E-state index in [0.717, 1.165) is 6.42 Å². The summed E-state index contributed by atoms with van der Waals surface area (Å²) in [5, 5.41) is 16.5. The normalized spacial score (nSPS) is 12.1. The molecule has 0 bridgehead atoms. The van der Waals surface area contributed by atoms with Gasteiger partial charge in [0.1, 0.15) is 5.75 Å². The maximum atomic E-state index is 12.1. The molecule has 4 heteroatoms. The van der Waals surface area contributed by atoms with Crippen LogP contribution in [0.2, 0.25) is 0 Å². The van der Waals surface area contributed by atoms with Crippen LogP contribution in [-0.2, 0) is 6.42 Å². The molecule has 1 heterocycles. The smallest absolute Gasteiger partial charge is 0.251 e. The number of aromatic hydroxyl groups is 1. The van der Waals surface area contributed by atoms with Crippen LogP contribution in [0.25, 0.3) is 0 Å². The van der Waals surface area contributed by atoms with Crippen LogP contribution in [0, 0.1) is 6.92 Å². The Kier molecular flexibility index (Phi) is 4.22. The summed E-state index contributed by atoms with van der Waals surface area (Å²) in [7, 11) is 0. The van der Waals surface area contributed by atoms with E-state index in [1.54, 1.807) is 36.5 Å². The Labute approximate surface area is 116 Å². The molecule has 100 valence electrons. The number of carbonyl (C=O) groups excluding carboxylic acids is 1. The fourth-order valence-electron chi connectivity index (χ4n) is 1.92. The monoisotopic (exact) mass is 275 g/mol. The van der Waals surface area contributed by atoms with Gasteiger partial charge in [-0.1, -0.05) is 0 Å². The highest BCUT2D eigenvalue weighted by atomic mass is 32.1.